The van der Waals surface area contributed by atoms with Crippen LogP contribution in [0, 0.1) is 0 Å². The lowest BCUT2D eigenvalue weighted by atomic mass is 10.1. The molecule has 0 saturated carbocycles. The lowest BCUT2D eigenvalue weighted by molar-refractivity contribution is -0.107. The van der Waals surface area contributed by atoms with E-state index in [1.807, 2.05) is 54.6 Å². The summed E-state index contributed by atoms with van der Waals surface area (Å²) in [7, 11) is 1.97. The second-order valence-corrected chi connectivity index (χ2v) is 5.44. The first-order valence-corrected chi connectivity index (χ1v) is 7.06. The van der Waals surface area contributed by atoms with E-state index in [-0.39, 0.29) is 0 Å². The number of hydrogen-bond donors (Lipinski definition) is 1. The zero-order valence-corrected chi connectivity index (χ0v) is 11.7. The van der Waals surface area contributed by atoms with Crippen molar-refractivity contribution in [3.63, 3.8) is 0 Å². The molecule has 2 rings (SSSR count). The van der Waals surface area contributed by atoms with Gasteiger partial charge in [-0.2, -0.15) is 0 Å². The molecule has 0 amide bonds. The maximum absolute atomic E-state index is 10.8. The quantitative estimate of drug-likeness (QED) is 0.833. The van der Waals surface area contributed by atoms with Crippen LogP contribution in [-0.2, 0) is 12.3 Å². The standard InChI is InChI=1S/C15H19NOS/c1-3-15(17,14-10-7-11-18-14)16(2)12-13-8-5-4-6-9-13/h4-11,17H,3,12H2,1-2H3/t15-/m0/s1. The van der Waals surface area contributed by atoms with Crippen LogP contribution < -0.4 is 0 Å². The van der Waals surface area contributed by atoms with Gasteiger partial charge in [-0.1, -0.05) is 43.3 Å². The van der Waals surface area contributed by atoms with Gasteiger partial charge in [-0.3, -0.25) is 4.90 Å². The van der Waals surface area contributed by atoms with Crippen molar-refractivity contribution in [1.82, 2.24) is 4.90 Å². The number of hydrogen-bond acceptors (Lipinski definition) is 3. The van der Waals surface area contributed by atoms with Crippen molar-refractivity contribution < 1.29 is 5.11 Å². The van der Waals surface area contributed by atoms with Crippen LogP contribution in [0.1, 0.15) is 23.8 Å². The number of nitrogens with zero attached hydrogens (tertiary/aromatic N) is 1. The van der Waals surface area contributed by atoms with Gasteiger partial charge < -0.3 is 5.11 Å². The third-order valence-electron chi connectivity index (χ3n) is 3.30. The minimum absolute atomic E-state index is 0.677. The molecular formula is C15H19NOS. The first-order valence-electron chi connectivity index (χ1n) is 6.18. The molecule has 0 spiro atoms. The number of aliphatic hydroxyl groups is 1. The summed E-state index contributed by atoms with van der Waals surface area (Å²) in [6.45, 7) is 2.75. The van der Waals surface area contributed by atoms with Gasteiger partial charge in [0.25, 0.3) is 0 Å². The highest BCUT2D eigenvalue weighted by Crippen LogP contribution is 2.32. The minimum atomic E-state index is -0.871. The van der Waals surface area contributed by atoms with Crippen molar-refractivity contribution in [2.45, 2.75) is 25.6 Å². The number of benzene rings is 1. The molecule has 96 valence electrons. The Morgan fingerprint density at radius 3 is 2.44 bits per heavy atom. The average Bonchev–Trinajstić information content (AvgIpc) is 2.93. The van der Waals surface area contributed by atoms with Crippen LogP contribution in [0.3, 0.4) is 0 Å². The highest BCUT2D eigenvalue weighted by Gasteiger charge is 2.32. The summed E-state index contributed by atoms with van der Waals surface area (Å²) in [6, 6.07) is 14.2. The second kappa shape index (κ2) is 5.65. The Balaban J connectivity index is 2.18. The molecule has 18 heavy (non-hydrogen) atoms. The van der Waals surface area contributed by atoms with E-state index in [4.69, 9.17) is 0 Å². The van der Waals surface area contributed by atoms with Crippen molar-refractivity contribution in [2.24, 2.45) is 0 Å². The van der Waals surface area contributed by atoms with Crippen LogP contribution in [-0.4, -0.2) is 17.1 Å². The summed E-state index contributed by atoms with van der Waals surface area (Å²) in [4.78, 5) is 3.01. The fourth-order valence-electron chi connectivity index (χ4n) is 2.13. The molecule has 2 aromatic rings. The van der Waals surface area contributed by atoms with Crippen LogP contribution in [0.5, 0.6) is 0 Å². The predicted octanol–water partition coefficient (Wildman–Crippen LogP) is 3.44. The van der Waals surface area contributed by atoms with Gasteiger partial charge in [0, 0.05) is 6.54 Å². The molecule has 0 radical (unpaired) electrons. The third-order valence-corrected chi connectivity index (χ3v) is 4.31. The molecule has 0 bridgehead atoms. The Hall–Kier alpha value is -1.16. The fraction of sp³-hybridized carbons (Fsp3) is 0.333. The van der Waals surface area contributed by atoms with E-state index in [0.29, 0.717) is 6.42 Å². The normalized spacial score (nSPS) is 14.7. The maximum Gasteiger partial charge on any atom is 0.153 e. The Labute approximate surface area is 113 Å². The highest BCUT2D eigenvalue weighted by atomic mass is 32.1. The van der Waals surface area contributed by atoms with Crippen LogP contribution >= 0.6 is 11.3 Å². The molecule has 0 fully saturated rings. The van der Waals surface area contributed by atoms with E-state index in [2.05, 4.69) is 12.1 Å². The molecule has 0 unspecified atom stereocenters. The summed E-state index contributed by atoms with van der Waals surface area (Å²) in [6.07, 6.45) is 0.677. The molecule has 0 saturated heterocycles. The Bertz CT molecular complexity index is 469. The van der Waals surface area contributed by atoms with Crippen molar-refractivity contribution in [3.05, 3.63) is 58.3 Å². The lowest BCUT2D eigenvalue weighted by Gasteiger charge is -2.36. The van der Waals surface area contributed by atoms with Crippen LogP contribution in [0.2, 0.25) is 0 Å². The Morgan fingerprint density at radius 1 is 1.17 bits per heavy atom. The summed E-state index contributed by atoms with van der Waals surface area (Å²) in [5.41, 5.74) is 0.340. The first kappa shape index (κ1) is 13.3. The van der Waals surface area contributed by atoms with Crippen molar-refractivity contribution in [3.8, 4) is 0 Å². The largest absolute Gasteiger partial charge is 0.370 e. The van der Waals surface area contributed by atoms with E-state index < -0.39 is 5.72 Å². The van der Waals surface area contributed by atoms with Crippen molar-refractivity contribution >= 4 is 11.3 Å². The molecule has 1 aromatic carbocycles. The zero-order valence-electron chi connectivity index (χ0n) is 10.8. The fourth-order valence-corrected chi connectivity index (χ4v) is 3.08. The van der Waals surface area contributed by atoms with Crippen LogP contribution in [0.25, 0.3) is 0 Å². The molecule has 1 aromatic heterocycles. The van der Waals surface area contributed by atoms with E-state index in [9.17, 15) is 5.11 Å². The molecule has 0 aliphatic rings. The SMILES string of the molecule is CC[C@](O)(c1cccs1)N(C)Cc1ccccc1. The molecule has 0 aliphatic heterocycles. The van der Waals surface area contributed by atoms with Gasteiger partial charge in [-0.25, -0.2) is 0 Å². The molecule has 0 aliphatic carbocycles. The second-order valence-electron chi connectivity index (χ2n) is 4.49. The maximum atomic E-state index is 10.8. The van der Waals surface area contributed by atoms with Gasteiger partial charge in [0.15, 0.2) is 5.72 Å². The smallest absolute Gasteiger partial charge is 0.153 e. The van der Waals surface area contributed by atoms with Crippen molar-refractivity contribution in [1.29, 1.82) is 0 Å². The highest BCUT2D eigenvalue weighted by molar-refractivity contribution is 7.10. The Kier molecular flexibility index (Phi) is 4.17. The van der Waals surface area contributed by atoms with Gasteiger partial charge in [0.05, 0.1) is 4.88 Å². The zero-order chi connectivity index (χ0) is 13.0. The number of thiophene rings is 1. The predicted molar refractivity (Wildman–Crippen MR) is 76.4 cm³/mol. The monoisotopic (exact) mass is 261 g/mol. The minimum Gasteiger partial charge on any atom is -0.370 e. The third kappa shape index (κ3) is 2.64. The summed E-state index contributed by atoms with van der Waals surface area (Å²) < 4.78 is 0. The van der Waals surface area contributed by atoms with E-state index >= 15 is 0 Å². The molecule has 3 heteroatoms. The van der Waals surface area contributed by atoms with E-state index in [1.54, 1.807) is 11.3 Å². The van der Waals surface area contributed by atoms with E-state index in [0.717, 1.165) is 11.4 Å². The topological polar surface area (TPSA) is 23.5 Å². The summed E-state index contributed by atoms with van der Waals surface area (Å²) in [5.74, 6) is 0. The van der Waals surface area contributed by atoms with Gasteiger partial charge >= 0.3 is 0 Å². The Morgan fingerprint density at radius 2 is 1.89 bits per heavy atom. The molecule has 2 nitrogen and oxygen atoms in total. The van der Waals surface area contributed by atoms with Gasteiger partial charge in [-0.15, -0.1) is 11.3 Å². The first-order chi connectivity index (χ1) is 8.66. The van der Waals surface area contributed by atoms with Crippen molar-refractivity contribution in [2.75, 3.05) is 7.05 Å². The molecular weight excluding hydrogens is 242 g/mol. The lowest BCUT2D eigenvalue weighted by Crippen LogP contribution is -2.42. The van der Waals surface area contributed by atoms with Crippen LogP contribution in [0.4, 0.5) is 0 Å². The summed E-state index contributed by atoms with van der Waals surface area (Å²) in [5, 5.41) is 12.9. The van der Waals surface area contributed by atoms with E-state index in [1.165, 1.54) is 5.56 Å². The van der Waals surface area contributed by atoms with Gasteiger partial charge in [0.2, 0.25) is 0 Å². The van der Waals surface area contributed by atoms with Crippen LogP contribution in [0.15, 0.2) is 47.8 Å². The van der Waals surface area contributed by atoms with Gasteiger partial charge in [0.1, 0.15) is 0 Å². The average molecular weight is 261 g/mol. The molecule has 1 N–H and O–H groups in total. The molecule has 1 atom stereocenters. The molecule has 1 heterocycles. The summed E-state index contributed by atoms with van der Waals surface area (Å²) >= 11 is 1.60. The number of rotatable bonds is 5. The van der Waals surface area contributed by atoms with Gasteiger partial charge in [-0.05, 0) is 30.5 Å².